The number of unbranched alkanes of at least 4 members (excludes halogenated alkanes) is 3. The van der Waals surface area contributed by atoms with Crippen LogP contribution >= 0.6 is 0 Å². The molecular formula is C11H26N4O. The fourth-order valence-electron chi connectivity index (χ4n) is 1.43. The van der Waals surface area contributed by atoms with Gasteiger partial charge in [0.2, 0.25) is 5.91 Å². The van der Waals surface area contributed by atoms with Crippen LogP contribution < -0.4 is 22.5 Å². The lowest BCUT2D eigenvalue weighted by Gasteiger charge is -2.11. The molecule has 0 saturated heterocycles. The number of amides is 1. The van der Waals surface area contributed by atoms with Gasteiger partial charge < -0.3 is 22.5 Å². The van der Waals surface area contributed by atoms with Crippen molar-refractivity contribution in [1.82, 2.24) is 5.32 Å². The van der Waals surface area contributed by atoms with E-state index in [2.05, 4.69) is 5.32 Å². The second-order valence-corrected chi connectivity index (χ2v) is 4.03. The summed E-state index contributed by atoms with van der Waals surface area (Å²) in [6, 6.07) is -0.388. The summed E-state index contributed by atoms with van der Waals surface area (Å²) in [6.45, 7) is 2.07. The van der Waals surface area contributed by atoms with Gasteiger partial charge in [-0.2, -0.15) is 0 Å². The molecule has 1 amide bonds. The molecule has 0 aromatic heterocycles. The molecule has 0 unspecified atom stereocenters. The van der Waals surface area contributed by atoms with Crippen molar-refractivity contribution in [3.05, 3.63) is 0 Å². The lowest BCUT2D eigenvalue weighted by Crippen LogP contribution is -2.40. The zero-order chi connectivity index (χ0) is 12.2. The fourth-order valence-corrected chi connectivity index (χ4v) is 1.43. The Hall–Kier alpha value is -0.650. The summed E-state index contributed by atoms with van der Waals surface area (Å²) in [6.07, 6.45) is 5.59. The molecule has 0 radical (unpaired) electrons. The highest BCUT2D eigenvalue weighted by Crippen LogP contribution is 1.98. The standard InChI is InChI=1S/C11H26N4O/c12-7-3-1-5-9-15-11(16)10(14)6-2-4-8-13/h10H,1-9,12-14H2,(H,15,16)/t10-/m0/s1. The zero-order valence-electron chi connectivity index (χ0n) is 10.1. The van der Waals surface area contributed by atoms with Gasteiger partial charge in [0, 0.05) is 6.54 Å². The molecule has 0 saturated carbocycles. The SMILES string of the molecule is NCCCCCNC(=O)[C@@H](N)CCCCN. The van der Waals surface area contributed by atoms with E-state index in [1.165, 1.54) is 0 Å². The van der Waals surface area contributed by atoms with E-state index in [9.17, 15) is 4.79 Å². The van der Waals surface area contributed by atoms with Gasteiger partial charge in [0.1, 0.15) is 0 Å². The maximum atomic E-state index is 11.5. The van der Waals surface area contributed by atoms with E-state index in [0.29, 0.717) is 26.1 Å². The molecule has 96 valence electrons. The van der Waals surface area contributed by atoms with Gasteiger partial charge in [0.05, 0.1) is 6.04 Å². The Labute approximate surface area is 98.1 Å². The van der Waals surface area contributed by atoms with E-state index >= 15 is 0 Å². The number of hydrogen-bond donors (Lipinski definition) is 4. The van der Waals surface area contributed by atoms with Crippen LogP contribution in [0.15, 0.2) is 0 Å². The molecule has 0 spiro atoms. The smallest absolute Gasteiger partial charge is 0.236 e. The van der Waals surface area contributed by atoms with Crippen molar-refractivity contribution in [2.75, 3.05) is 19.6 Å². The summed E-state index contributed by atoms with van der Waals surface area (Å²) < 4.78 is 0. The number of nitrogens with two attached hydrogens (primary N) is 3. The van der Waals surface area contributed by atoms with Crippen LogP contribution in [0.25, 0.3) is 0 Å². The summed E-state index contributed by atoms with van der Waals surface area (Å²) in [7, 11) is 0. The number of nitrogens with one attached hydrogen (secondary N) is 1. The molecule has 0 bridgehead atoms. The lowest BCUT2D eigenvalue weighted by molar-refractivity contribution is -0.122. The van der Waals surface area contributed by atoms with Crippen LogP contribution in [0.1, 0.15) is 38.5 Å². The van der Waals surface area contributed by atoms with Crippen molar-refractivity contribution in [3.63, 3.8) is 0 Å². The van der Waals surface area contributed by atoms with Gasteiger partial charge in [-0.25, -0.2) is 0 Å². The molecule has 5 heteroatoms. The molecule has 0 aliphatic heterocycles. The second-order valence-electron chi connectivity index (χ2n) is 4.03. The molecule has 1 atom stereocenters. The third kappa shape index (κ3) is 8.64. The quantitative estimate of drug-likeness (QED) is 0.386. The Morgan fingerprint density at radius 3 is 2.25 bits per heavy atom. The molecule has 7 N–H and O–H groups in total. The summed E-state index contributed by atoms with van der Waals surface area (Å²) in [5, 5.41) is 2.83. The Morgan fingerprint density at radius 2 is 1.62 bits per heavy atom. The first-order valence-corrected chi connectivity index (χ1v) is 6.15. The minimum Gasteiger partial charge on any atom is -0.355 e. The molecule has 5 nitrogen and oxygen atoms in total. The molecular weight excluding hydrogens is 204 g/mol. The van der Waals surface area contributed by atoms with Gasteiger partial charge in [-0.3, -0.25) is 4.79 Å². The third-order valence-corrected chi connectivity index (χ3v) is 2.49. The van der Waals surface area contributed by atoms with Crippen molar-refractivity contribution in [2.24, 2.45) is 17.2 Å². The molecule has 0 aromatic carbocycles. The molecule has 0 aliphatic rings. The summed E-state index contributed by atoms with van der Waals surface area (Å²) in [4.78, 5) is 11.5. The molecule has 0 rings (SSSR count). The molecule has 0 fully saturated rings. The first-order valence-electron chi connectivity index (χ1n) is 6.15. The maximum Gasteiger partial charge on any atom is 0.236 e. The number of hydrogen-bond acceptors (Lipinski definition) is 4. The average Bonchev–Trinajstić information content (AvgIpc) is 2.28. The van der Waals surface area contributed by atoms with Gasteiger partial charge in [0.25, 0.3) is 0 Å². The minimum atomic E-state index is -0.388. The summed E-state index contributed by atoms with van der Waals surface area (Å²) in [5.41, 5.74) is 16.5. The highest BCUT2D eigenvalue weighted by molar-refractivity contribution is 5.81. The van der Waals surface area contributed by atoms with Crippen molar-refractivity contribution < 1.29 is 4.79 Å². The zero-order valence-corrected chi connectivity index (χ0v) is 10.1. The van der Waals surface area contributed by atoms with Crippen LogP contribution in [0.2, 0.25) is 0 Å². The number of carbonyl (C=O) groups excluding carboxylic acids is 1. The molecule has 0 aliphatic carbocycles. The van der Waals surface area contributed by atoms with Gasteiger partial charge >= 0.3 is 0 Å². The van der Waals surface area contributed by atoms with Crippen LogP contribution in [0, 0.1) is 0 Å². The van der Waals surface area contributed by atoms with E-state index in [0.717, 1.165) is 32.1 Å². The van der Waals surface area contributed by atoms with Crippen LogP contribution in [0.5, 0.6) is 0 Å². The largest absolute Gasteiger partial charge is 0.355 e. The average molecular weight is 230 g/mol. The summed E-state index contributed by atoms with van der Waals surface area (Å²) >= 11 is 0. The van der Waals surface area contributed by atoms with Gasteiger partial charge in [-0.05, 0) is 38.8 Å². The fraction of sp³-hybridized carbons (Fsp3) is 0.909. The van der Waals surface area contributed by atoms with Gasteiger partial charge in [-0.1, -0.05) is 12.8 Å². The number of carbonyl (C=O) groups is 1. The van der Waals surface area contributed by atoms with Crippen LogP contribution in [0.3, 0.4) is 0 Å². The second kappa shape index (κ2) is 10.9. The number of rotatable bonds is 10. The van der Waals surface area contributed by atoms with Crippen LogP contribution in [-0.2, 0) is 4.79 Å². The van der Waals surface area contributed by atoms with Crippen LogP contribution in [0.4, 0.5) is 0 Å². The first-order chi connectivity index (χ1) is 7.72. The Kier molecular flexibility index (Phi) is 10.4. The van der Waals surface area contributed by atoms with Crippen molar-refractivity contribution in [3.8, 4) is 0 Å². The monoisotopic (exact) mass is 230 g/mol. The topological polar surface area (TPSA) is 107 Å². The van der Waals surface area contributed by atoms with E-state index in [1.807, 2.05) is 0 Å². The van der Waals surface area contributed by atoms with Crippen LogP contribution in [-0.4, -0.2) is 31.6 Å². The van der Waals surface area contributed by atoms with Gasteiger partial charge in [-0.15, -0.1) is 0 Å². The van der Waals surface area contributed by atoms with Crippen molar-refractivity contribution >= 4 is 5.91 Å². The van der Waals surface area contributed by atoms with E-state index < -0.39 is 0 Å². The van der Waals surface area contributed by atoms with E-state index in [4.69, 9.17) is 17.2 Å². The van der Waals surface area contributed by atoms with E-state index in [1.54, 1.807) is 0 Å². The van der Waals surface area contributed by atoms with Crippen molar-refractivity contribution in [2.45, 2.75) is 44.6 Å². The predicted octanol–water partition coefficient (Wildman–Crippen LogP) is -0.312. The molecule has 0 aromatic rings. The normalized spacial score (nSPS) is 12.4. The Morgan fingerprint density at radius 1 is 1.00 bits per heavy atom. The molecule has 16 heavy (non-hydrogen) atoms. The third-order valence-electron chi connectivity index (χ3n) is 2.49. The van der Waals surface area contributed by atoms with Gasteiger partial charge in [0.15, 0.2) is 0 Å². The lowest BCUT2D eigenvalue weighted by atomic mass is 10.1. The highest BCUT2D eigenvalue weighted by atomic mass is 16.2. The predicted molar refractivity (Wildman–Crippen MR) is 66.8 cm³/mol. The highest BCUT2D eigenvalue weighted by Gasteiger charge is 2.11. The molecule has 0 heterocycles. The maximum absolute atomic E-state index is 11.5. The minimum absolute atomic E-state index is 0.0511. The van der Waals surface area contributed by atoms with Crippen molar-refractivity contribution in [1.29, 1.82) is 0 Å². The summed E-state index contributed by atoms with van der Waals surface area (Å²) in [5.74, 6) is -0.0511. The Balaban J connectivity index is 3.40. The first kappa shape index (κ1) is 15.3. The Bertz CT molecular complexity index is 175. The van der Waals surface area contributed by atoms with E-state index in [-0.39, 0.29) is 11.9 Å².